The van der Waals surface area contributed by atoms with E-state index in [1.54, 1.807) is 25.1 Å². The number of hydrogen-bond acceptors (Lipinski definition) is 5. The fourth-order valence-electron chi connectivity index (χ4n) is 2.69. The van der Waals surface area contributed by atoms with E-state index in [1.807, 2.05) is 30.3 Å². The smallest absolute Gasteiger partial charge is 0.550 e. The second kappa shape index (κ2) is 8.98. The van der Waals surface area contributed by atoms with Crippen LogP contribution in [0.2, 0.25) is 0 Å². The van der Waals surface area contributed by atoms with Crippen LogP contribution in [0.5, 0.6) is 0 Å². The van der Waals surface area contributed by atoms with Gasteiger partial charge in [-0.25, -0.2) is 4.98 Å². The van der Waals surface area contributed by atoms with E-state index in [2.05, 4.69) is 10.3 Å². The average molecular weight is 360 g/mol. The first-order chi connectivity index (χ1) is 12.0. The summed E-state index contributed by atoms with van der Waals surface area (Å²) in [4.78, 5) is 27.8. The van der Waals surface area contributed by atoms with Crippen LogP contribution in [0.4, 0.5) is 5.69 Å². The summed E-state index contributed by atoms with van der Waals surface area (Å²) in [7, 11) is 0. The second-order valence-corrected chi connectivity index (χ2v) is 5.87. The molecule has 3 rings (SSSR count). The van der Waals surface area contributed by atoms with Crippen LogP contribution in [0.15, 0.2) is 52.9 Å². The Morgan fingerprint density at radius 3 is 2.62 bits per heavy atom. The van der Waals surface area contributed by atoms with Gasteiger partial charge in [0, 0.05) is 37.0 Å². The van der Waals surface area contributed by atoms with Crippen molar-refractivity contribution in [3.05, 3.63) is 60.0 Å². The normalized spacial score (nSPS) is 11.6. The van der Waals surface area contributed by atoms with Crippen LogP contribution in [0.3, 0.4) is 0 Å². The standard InChI is InChI=1S/C19H18N2O4.Na/c1-12-20-16-8-7-15(11-17(16)25-12)21-18(22)10-14(19(23)24)9-13-5-3-2-4-6-13;/h2-8,11,14H,9-10H2,1H3,(H,21,22)(H,23,24);/q;+1/p-1. The molecule has 1 unspecified atom stereocenters. The molecule has 0 saturated heterocycles. The largest absolute Gasteiger partial charge is 1.00 e. The number of carbonyl (C=O) groups is 2. The fourth-order valence-corrected chi connectivity index (χ4v) is 2.69. The molecule has 26 heavy (non-hydrogen) atoms. The van der Waals surface area contributed by atoms with Crippen molar-refractivity contribution in [3.63, 3.8) is 0 Å². The van der Waals surface area contributed by atoms with Crippen LogP contribution >= 0.6 is 0 Å². The SMILES string of the molecule is Cc1nc2ccc(NC(=O)CC(Cc3ccccc3)C(=O)[O-])cc2o1.[Na+]. The van der Waals surface area contributed by atoms with E-state index in [0.717, 1.165) is 5.56 Å². The number of anilines is 1. The van der Waals surface area contributed by atoms with E-state index >= 15 is 0 Å². The number of aryl methyl sites for hydroxylation is 1. The van der Waals surface area contributed by atoms with Crippen LogP contribution in [0.1, 0.15) is 17.9 Å². The molecule has 0 saturated carbocycles. The number of fused-ring (bicyclic) bond motifs is 1. The monoisotopic (exact) mass is 360 g/mol. The van der Waals surface area contributed by atoms with Gasteiger partial charge < -0.3 is 19.6 Å². The van der Waals surface area contributed by atoms with Gasteiger partial charge in [0.25, 0.3) is 0 Å². The molecule has 0 aliphatic carbocycles. The van der Waals surface area contributed by atoms with E-state index in [4.69, 9.17) is 4.42 Å². The predicted octanol–water partition coefficient (Wildman–Crippen LogP) is -0.922. The summed E-state index contributed by atoms with van der Waals surface area (Å²) in [6, 6.07) is 14.3. The molecule has 3 aromatic rings. The predicted molar refractivity (Wildman–Crippen MR) is 90.6 cm³/mol. The topological polar surface area (TPSA) is 95.3 Å². The van der Waals surface area contributed by atoms with E-state index in [9.17, 15) is 14.7 Å². The molecule has 1 atom stereocenters. The third kappa shape index (κ3) is 5.17. The summed E-state index contributed by atoms with van der Waals surface area (Å²) >= 11 is 0. The Bertz CT molecular complexity index is 908. The fraction of sp³-hybridized carbons (Fsp3) is 0.211. The number of hydrogen-bond donors (Lipinski definition) is 1. The van der Waals surface area contributed by atoms with Gasteiger partial charge in [-0.15, -0.1) is 0 Å². The van der Waals surface area contributed by atoms with Gasteiger partial charge >= 0.3 is 29.6 Å². The number of nitrogens with zero attached hydrogens (tertiary/aromatic N) is 1. The number of aliphatic carboxylic acids is 1. The number of carboxylic acids is 1. The molecule has 1 heterocycles. The molecule has 0 aliphatic rings. The summed E-state index contributed by atoms with van der Waals surface area (Å²) in [6.07, 6.45) is 0.0849. The van der Waals surface area contributed by atoms with Gasteiger partial charge in [-0.05, 0) is 24.1 Å². The van der Waals surface area contributed by atoms with Crippen molar-refractivity contribution < 1.29 is 48.7 Å². The summed E-state index contributed by atoms with van der Waals surface area (Å²) in [5, 5.41) is 14.1. The molecule has 0 aliphatic heterocycles. The average Bonchev–Trinajstić information content (AvgIpc) is 2.94. The van der Waals surface area contributed by atoms with Gasteiger partial charge in [0.15, 0.2) is 11.5 Å². The molecule has 0 bridgehead atoms. The van der Waals surface area contributed by atoms with Gasteiger partial charge in [-0.2, -0.15) is 0 Å². The maximum absolute atomic E-state index is 12.2. The molecule has 1 aromatic heterocycles. The zero-order valence-corrected chi connectivity index (χ0v) is 16.7. The van der Waals surface area contributed by atoms with Gasteiger partial charge in [0.05, 0.1) is 0 Å². The van der Waals surface area contributed by atoms with E-state index in [-0.39, 0.29) is 48.3 Å². The molecule has 1 N–H and O–H groups in total. The number of amides is 1. The minimum atomic E-state index is -1.24. The maximum atomic E-state index is 12.2. The van der Waals surface area contributed by atoms with Crippen molar-refractivity contribution in [1.29, 1.82) is 0 Å². The Morgan fingerprint density at radius 1 is 1.19 bits per heavy atom. The third-order valence-corrected chi connectivity index (χ3v) is 3.87. The minimum Gasteiger partial charge on any atom is -0.550 e. The minimum absolute atomic E-state index is 0. The van der Waals surface area contributed by atoms with Crippen LogP contribution < -0.4 is 40.0 Å². The van der Waals surface area contributed by atoms with Crippen molar-refractivity contribution in [3.8, 4) is 0 Å². The van der Waals surface area contributed by atoms with Gasteiger partial charge in [-0.1, -0.05) is 30.3 Å². The zero-order chi connectivity index (χ0) is 17.8. The Labute approximate surface area is 172 Å². The summed E-state index contributed by atoms with van der Waals surface area (Å²) < 4.78 is 5.42. The Hall–Kier alpha value is -2.15. The van der Waals surface area contributed by atoms with E-state index in [0.29, 0.717) is 22.7 Å². The zero-order valence-electron chi connectivity index (χ0n) is 14.7. The number of benzene rings is 2. The molecule has 0 spiro atoms. The molecule has 6 nitrogen and oxygen atoms in total. The Balaban J connectivity index is 0.00000243. The molecule has 0 radical (unpaired) electrons. The van der Waals surface area contributed by atoms with Crippen LogP contribution in [-0.2, 0) is 16.0 Å². The van der Waals surface area contributed by atoms with Crippen molar-refractivity contribution >= 4 is 28.7 Å². The van der Waals surface area contributed by atoms with Crippen molar-refractivity contribution in [1.82, 2.24) is 4.98 Å². The molecular formula is C19H17N2NaO4. The van der Waals surface area contributed by atoms with Crippen LogP contribution in [0, 0.1) is 12.8 Å². The Morgan fingerprint density at radius 2 is 1.92 bits per heavy atom. The Kier molecular flexibility index (Phi) is 6.97. The summed E-state index contributed by atoms with van der Waals surface area (Å²) in [5.41, 5.74) is 2.65. The first kappa shape index (κ1) is 20.2. The number of nitrogens with one attached hydrogen (secondary N) is 1. The summed E-state index contributed by atoms with van der Waals surface area (Å²) in [5.74, 6) is -1.97. The quantitative estimate of drug-likeness (QED) is 0.574. The third-order valence-electron chi connectivity index (χ3n) is 3.87. The number of oxazole rings is 1. The van der Waals surface area contributed by atoms with Crippen molar-refractivity contribution in [2.45, 2.75) is 19.8 Å². The number of carboxylic acid groups (broad SMARTS) is 1. The number of aromatic nitrogens is 1. The van der Waals surface area contributed by atoms with Gasteiger partial charge in [0.1, 0.15) is 5.52 Å². The molecule has 1 amide bonds. The summed E-state index contributed by atoms with van der Waals surface area (Å²) in [6.45, 7) is 1.74. The number of carbonyl (C=O) groups excluding carboxylic acids is 2. The molecule has 2 aromatic carbocycles. The molecule has 7 heteroatoms. The van der Waals surface area contributed by atoms with E-state index < -0.39 is 11.9 Å². The first-order valence-corrected chi connectivity index (χ1v) is 7.93. The van der Waals surface area contributed by atoms with Gasteiger partial charge in [0.2, 0.25) is 5.91 Å². The number of rotatable bonds is 6. The van der Waals surface area contributed by atoms with Crippen LogP contribution in [-0.4, -0.2) is 16.9 Å². The molecule has 128 valence electrons. The van der Waals surface area contributed by atoms with Crippen molar-refractivity contribution in [2.24, 2.45) is 5.92 Å². The van der Waals surface area contributed by atoms with Crippen molar-refractivity contribution in [2.75, 3.05) is 5.32 Å². The molecule has 0 fully saturated rings. The second-order valence-electron chi connectivity index (χ2n) is 5.87. The maximum Gasteiger partial charge on any atom is 1.00 e. The van der Waals surface area contributed by atoms with Gasteiger partial charge in [-0.3, -0.25) is 4.79 Å². The van der Waals surface area contributed by atoms with E-state index in [1.165, 1.54) is 0 Å². The van der Waals surface area contributed by atoms with Crippen LogP contribution in [0.25, 0.3) is 11.1 Å². The first-order valence-electron chi connectivity index (χ1n) is 7.93. The molecular weight excluding hydrogens is 343 g/mol.